The summed E-state index contributed by atoms with van der Waals surface area (Å²) in [5.41, 5.74) is 1.65. The fraction of sp³-hybridized carbons (Fsp3) is 0.438. The number of nitrogens with zero attached hydrogens (tertiary/aromatic N) is 2. The highest BCUT2D eigenvalue weighted by molar-refractivity contribution is 5.27. The van der Waals surface area contributed by atoms with Crippen molar-refractivity contribution in [2.45, 2.75) is 39.8 Å². The molecule has 0 aliphatic carbocycles. The number of nitrogens with one attached hydrogen (secondary N) is 1. The lowest BCUT2D eigenvalue weighted by Crippen LogP contribution is -2.25. The summed E-state index contributed by atoms with van der Waals surface area (Å²) < 4.78 is 16.3. The Morgan fingerprint density at radius 2 is 2.15 bits per heavy atom. The van der Waals surface area contributed by atoms with Crippen LogP contribution in [0.4, 0.5) is 4.39 Å². The van der Waals surface area contributed by atoms with E-state index in [-0.39, 0.29) is 11.9 Å². The first kappa shape index (κ1) is 14.7. The fourth-order valence-electron chi connectivity index (χ4n) is 2.45. The van der Waals surface area contributed by atoms with Gasteiger partial charge in [-0.25, -0.2) is 9.37 Å². The van der Waals surface area contributed by atoms with Crippen LogP contribution in [0.25, 0.3) is 0 Å². The van der Waals surface area contributed by atoms with Crippen molar-refractivity contribution in [3.05, 3.63) is 53.4 Å². The molecule has 0 saturated carbocycles. The van der Waals surface area contributed by atoms with Gasteiger partial charge in [0.05, 0.1) is 0 Å². The zero-order valence-corrected chi connectivity index (χ0v) is 12.4. The van der Waals surface area contributed by atoms with E-state index in [0.717, 1.165) is 24.5 Å². The monoisotopic (exact) mass is 275 g/mol. The summed E-state index contributed by atoms with van der Waals surface area (Å²) in [7, 11) is 0. The molecule has 1 atom stereocenters. The standard InChI is InChI=1S/C16H22FN3/c1-4-18-15(11-16-19-8-9-20(16)5-2)13-7-6-12(3)10-14(13)17/h6-10,15,18H,4-5,11H2,1-3H3. The van der Waals surface area contributed by atoms with Gasteiger partial charge in [0.15, 0.2) is 0 Å². The summed E-state index contributed by atoms with van der Waals surface area (Å²) in [5.74, 6) is 0.837. The molecule has 0 fully saturated rings. The molecular formula is C16H22FN3. The number of hydrogen-bond acceptors (Lipinski definition) is 2. The lowest BCUT2D eigenvalue weighted by atomic mass is 10.0. The van der Waals surface area contributed by atoms with Crippen LogP contribution in [0.2, 0.25) is 0 Å². The summed E-state index contributed by atoms with van der Waals surface area (Å²) in [6.07, 6.45) is 4.45. The van der Waals surface area contributed by atoms with Crippen molar-refractivity contribution in [1.29, 1.82) is 0 Å². The van der Waals surface area contributed by atoms with E-state index in [4.69, 9.17) is 0 Å². The quantitative estimate of drug-likeness (QED) is 0.877. The van der Waals surface area contributed by atoms with Gasteiger partial charge >= 0.3 is 0 Å². The number of aryl methyl sites for hydroxylation is 2. The van der Waals surface area contributed by atoms with Crippen molar-refractivity contribution in [2.75, 3.05) is 6.54 Å². The molecule has 1 N–H and O–H groups in total. The summed E-state index contributed by atoms with van der Waals surface area (Å²) >= 11 is 0. The number of hydrogen-bond donors (Lipinski definition) is 1. The van der Waals surface area contributed by atoms with Crippen molar-refractivity contribution in [2.24, 2.45) is 0 Å². The molecule has 1 heterocycles. The molecule has 1 aromatic heterocycles. The van der Waals surface area contributed by atoms with Crippen LogP contribution in [0.15, 0.2) is 30.6 Å². The minimum absolute atomic E-state index is 0.0479. The maximum absolute atomic E-state index is 14.2. The zero-order valence-electron chi connectivity index (χ0n) is 12.4. The Morgan fingerprint density at radius 1 is 1.35 bits per heavy atom. The lowest BCUT2D eigenvalue weighted by Gasteiger charge is -2.19. The van der Waals surface area contributed by atoms with Gasteiger partial charge < -0.3 is 9.88 Å². The van der Waals surface area contributed by atoms with E-state index in [1.54, 1.807) is 12.3 Å². The Labute approximate surface area is 119 Å². The second kappa shape index (κ2) is 6.66. The van der Waals surface area contributed by atoms with E-state index < -0.39 is 0 Å². The van der Waals surface area contributed by atoms with Gasteiger partial charge in [-0.05, 0) is 32.0 Å². The number of imidazole rings is 1. The van der Waals surface area contributed by atoms with Crippen LogP contribution in [0.5, 0.6) is 0 Å². The maximum Gasteiger partial charge on any atom is 0.128 e. The number of benzene rings is 1. The van der Waals surface area contributed by atoms with E-state index in [0.29, 0.717) is 12.0 Å². The molecule has 2 aromatic rings. The smallest absolute Gasteiger partial charge is 0.128 e. The first-order valence-electron chi connectivity index (χ1n) is 7.15. The van der Waals surface area contributed by atoms with Crippen molar-refractivity contribution < 1.29 is 4.39 Å². The van der Waals surface area contributed by atoms with Crippen LogP contribution in [0, 0.1) is 12.7 Å². The van der Waals surface area contributed by atoms with Crippen LogP contribution in [0.3, 0.4) is 0 Å². The normalized spacial score (nSPS) is 12.6. The molecule has 20 heavy (non-hydrogen) atoms. The second-order valence-electron chi connectivity index (χ2n) is 4.97. The van der Waals surface area contributed by atoms with Crippen LogP contribution in [-0.4, -0.2) is 16.1 Å². The molecule has 4 heteroatoms. The highest BCUT2D eigenvalue weighted by Crippen LogP contribution is 2.21. The maximum atomic E-state index is 14.2. The van der Waals surface area contributed by atoms with Gasteiger partial charge in [-0.1, -0.05) is 19.1 Å². The summed E-state index contributed by atoms with van der Waals surface area (Å²) in [6, 6.07) is 5.37. The molecule has 1 aromatic carbocycles. The number of aromatic nitrogens is 2. The largest absolute Gasteiger partial charge is 0.335 e. The molecule has 0 aliphatic heterocycles. The highest BCUT2D eigenvalue weighted by Gasteiger charge is 2.17. The Hall–Kier alpha value is -1.68. The Bertz CT molecular complexity index is 563. The number of halogens is 1. The summed E-state index contributed by atoms with van der Waals surface area (Å²) in [4.78, 5) is 4.38. The van der Waals surface area contributed by atoms with Gasteiger partial charge in [0.1, 0.15) is 11.6 Å². The molecule has 0 saturated heterocycles. The van der Waals surface area contributed by atoms with E-state index in [9.17, 15) is 4.39 Å². The molecular weight excluding hydrogens is 253 g/mol. The van der Waals surface area contributed by atoms with Crippen LogP contribution >= 0.6 is 0 Å². The van der Waals surface area contributed by atoms with Crippen LogP contribution in [-0.2, 0) is 13.0 Å². The third-order valence-corrected chi connectivity index (χ3v) is 3.51. The molecule has 0 spiro atoms. The van der Waals surface area contributed by atoms with Crippen molar-refractivity contribution in [1.82, 2.24) is 14.9 Å². The fourth-order valence-corrected chi connectivity index (χ4v) is 2.45. The second-order valence-corrected chi connectivity index (χ2v) is 4.97. The summed E-state index contributed by atoms with van der Waals surface area (Å²) in [6.45, 7) is 7.69. The predicted octanol–water partition coefficient (Wildman–Crippen LogP) is 3.24. The van der Waals surface area contributed by atoms with Crippen molar-refractivity contribution >= 4 is 0 Å². The average Bonchev–Trinajstić information content (AvgIpc) is 2.85. The minimum atomic E-state index is -0.148. The molecule has 0 aliphatic rings. The first-order valence-corrected chi connectivity index (χ1v) is 7.15. The molecule has 0 amide bonds. The van der Waals surface area contributed by atoms with Gasteiger partial charge in [-0.15, -0.1) is 0 Å². The third-order valence-electron chi connectivity index (χ3n) is 3.51. The van der Waals surface area contributed by atoms with E-state index in [1.807, 2.05) is 32.2 Å². The van der Waals surface area contributed by atoms with Gasteiger partial charge in [0.25, 0.3) is 0 Å². The van der Waals surface area contributed by atoms with Crippen molar-refractivity contribution in [3.63, 3.8) is 0 Å². The van der Waals surface area contributed by atoms with E-state index in [2.05, 4.69) is 21.8 Å². The first-order chi connectivity index (χ1) is 9.65. The summed E-state index contributed by atoms with van der Waals surface area (Å²) in [5, 5.41) is 3.36. The average molecular weight is 275 g/mol. The predicted molar refractivity (Wildman–Crippen MR) is 79.2 cm³/mol. The SMILES string of the molecule is CCNC(Cc1nccn1CC)c1ccc(C)cc1F. The zero-order chi connectivity index (χ0) is 14.5. The Balaban J connectivity index is 2.27. The Kier molecular flexibility index (Phi) is 4.90. The van der Waals surface area contributed by atoms with Crippen LogP contribution < -0.4 is 5.32 Å². The molecule has 0 radical (unpaired) electrons. The lowest BCUT2D eigenvalue weighted by molar-refractivity contribution is 0.492. The van der Waals surface area contributed by atoms with E-state index >= 15 is 0 Å². The van der Waals surface area contributed by atoms with Gasteiger partial charge in [0, 0.05) is 37.0 Å². The van der Waals surface area contributed by atoms with Crippen LogP contribution in [0.1, 0.15) is 36.8 Å². The minimum Gasteiger partial charge on any atom is -0.335 e. The highest BCUT2D eigenvalue weighted by atomic mass is 19.1. The number of rotatable bonds is 6. The molecule has 2 rings (SSSR count). The molecule has 3 nitrogen and oxygen atoms in total. The van der Waals surface area contributed by atoms with Gasteiger partial charge in [0.2, 0.25) is 0 Å². The molecule has 1 unspecified atom stereocenters. The van der Waals surface area contributed by atoms with Gasteiger partial charge in [-0.3, -0.25) is 0 Å². The number of likely N-dealkylation sites (N-methyl/N-ethyl adjacent to an activating group) is 1. The Morgan fingerprint density at radius 3 is 2.80 bits per heavy atom. The topological polar surface area (TPSA) is 29.9 Å². The third kappa shape index (κ3) is 3.25. The molecule has 108 valence electrons. The molecule has 0 bridgehead atoms. The van der Waals surface area contributed by atoms with E-state index in [1.165, 1.54) is 0 Å². The van der Waals surface area contributed by atoms with Crippen molar-refractivity contribution in [3.8, 4) is 0 Å². The van der Waals surface area contributed by atoms with Gasteiger partial charge in [-0.2, -0.15) is 0 Å².